The van der Waals surface area contributed by atoms with Crippen LogP contribution in [0.2, 0.25) is 0 Å². The highest BCUT2D eigenvalue weighted by Gasteiger charge is 2.15. The maximum absolute atomic E-state index is 11.8. The Bertz CT molecular complexity index is 625. The Labute approximate surface area is 141 Å². The maximum atomic E-state index is 11.8. The molecule has 23 heavy (non-hydrogen) atoms. The largest absolute Gasteiger partial charge is 0.355 e. The molecule has 1 unspecified atom stereocenters. The zero-order chi connectivity index (χ0) is 16.7. The van der Waals surface area contributed by atoms with Gasteiger partial charge in [0.25, 0.3) is 0 Å². The molecule has 1 heterocycles. The fourth-order valence-electron chi connectivity index (χ4n) is 1.98. The first-order valence-electron chi connectivity index (χ1n) is 7.95. The van der Waals surface area contributed by atoms with Gasteiger partial charge in [-0.3, -0.25) is 4.79 Å². The second kappa shape index (κ2) is 8.72. The molecular formula is C17H23N3O2S. The number of carbonyl (C=O) groups excluding carboxylic acids is 1. The topological polar surface area (TPSA) is 68.0 Å². The second-order valence-corrected chi connectivity index (χ2v) is 6.64. The smallest absolute Gasteiger partial charge is 0.236 e. The van der Waals surface area contributed by atoms with E-state index in [1.807, 2.05) is 26.0 Å². The van der Waals surface area contributed by atoms with Gasteiger partial charge in [-0.1, -0.05) is 43.3 Å². The molecule has 124 valence electrons. The zero-order valence-electron chi connectivity index (χ0n) is 13.8. The van der Waals surface area contributed by atoms with E-state index in [9.17, 15) is 4.79 Å². The molecule has 2 rings (SSSR count). The van der Waals surface area contributed by atoms with Gasteiger partial charge in [-0.05, 0) is 25.3 Å². The molecule has 0 spiro atoms. The number of carbonyl (C=O) groups is 1. The van der Waals surface area contributed by atoms with Crippen LogP contribution in [0.1, 0.15) is 38.6 Å². The van der Waals surface area contributed by atoms with Gasteiger partial charge in [0.1, 0.15) is 0 Å². The molecule has 1 aromatic carbocycles. The number of aryl methyl sites for hydroxylation is 1. The number of benzene rings is 1. The third-order valence-corrected chi connectivity index (χ3v) is 4.59. The molecule has 0 fully saturated rings. The first-order chi connectivity index (χ1) is 11.1. The Kier molecular flexibility index (Phi) is 6.65. The van der Waals surface area contributed by atoms with Crippen molar-refractivity contribution in [1.29, 1.82) is 0 Å². The van der Waals surface area contributed by atoms with Crippen LogP contribution in [0.5, 0.6) is 0 Å². The predicted molar refractivity (Wildman–Crippen MR) is 93.2 cm³/mol. The lowest BCUT2D eigenvalue weighted by molar-refractivity contribution is -0.120. The van der Waals surface area contributed by atoms with Crippen LogP contribution in [0.4, 0.5) is 0 Å². The summed E-state index contributed by atoms with van der Waals surface area (Å²) in [4.78, 5) is 16.2. The molecule has 1 atom stereocenters. The van der Waals surface area contributed by atoms with Gasteiger partial charge >= 0.3 is 0 Å². The highest BCUT2D eigenvalue weighted by Crippen LogP contribution is 2.21. The van der Waals surface area contributed by atoms with Gasteiger partial charge in [0.05, 0.1) is 11.0 Å². The lowest BCUT2D eigenvalue weighted by Gasteiger charge is -2.09. The fraction of sp³-hybridized carbons (Fsp3) is 0.471. The van der Waals surface area contributed by atoms with Gasteiger partial charge < -0.3 is 9.84 Å². The van der Waals surface area contributed by atoms with E-state index < -0.39 is 0 Å². The van der Waals surface area contributed by atoms with Crippen molar-refractivity contribution >= 4 is 17.7 Å². The normalized spacial score (nSPS) is 12.1. The summed E-state index contributed by atoms with van der Waals surface area (Å²) in [5.41, 5.74) is 2.22. The van der Waals surface area contributed by atoms with Gasteiger partial charge in [-0.25, -0.2) is 0 Å². The number of amides is 1. The van der Waals surface area contributed by atoms with E-state index in [1.165, 1.54) is 17.3 Å². The molecule has 0 aliphatic rings. The molecule has 1 aromatic heterocycles. The Morgan fingerprint density at radius 1 is 1.30 bits per heavy atom. The van der Waals surface area contributed by atoms with Gasteiger partial charge in [-0.2, -0.15) is 4.98 Å². The molecule has 0 saturated heterocycles. The highest BCUT2D eigenvalue weighted by atomic mass is 32.2. The zero-order valence-corrected chi connectivity index (χ0v) is 14.7. The number of hydrogen-bond acceptors (Lipinski definition) is 5. The molecule has 0 saturated carbocycles. The van der Waals surface area contributed by atoms with E-state index in [0.717, 1.165) is 18.4 Å². The van der Waals surface area contributed by atoms with Crippen molar-refractivity contribution in [3.8, 4) is 11.4 Å². The van der Waals surface area contributed by atoms with E-state index in [1.54, 1.807) is 0 Å². The molecule has 2 aromatic rings. The number of aromatic nitrogens is 2. The van der Waals surface area contributed by atoms with Crippen molar-refractivity contribution in [2.24, 2.45) is 0 Å². The summed E-state index contributed by atoms with van der Waals surface area (Å²) in [5.74, 6) is 1.71. The minimum atomic E-state index is -0.138. The number of nitrogens with zero attached hydrogens (tertiary/aromatic N) is 2. The number of thioether (sulfide) groups is 1. The standard InChI is InChI=1S/C17H23N3O2S/c1-4-10-18-17(21)12(3)23-11-15-19-16(20-22-15)14-8-6-13(5-2)7-9-14/h6-9,12H,4-5,10-11H2,1-3H3,(H,18,21). The van der Waals surface area contributed by atoms with Crippen molar-refractivity contribution in [3.05, 3.63) is 35.7 Å². The Morgan fingerprint density at radius 3 is 2.70 bits per heavy atom. The molecule has 0 bridgehead atoms. The summed E-state index contributed by atoms with van der Waals surface area (Å²) in [6.45, 7) is 6.75. The number of nitrogens with one attached hydrogen (secondary N) is 1. The molecule has 6 heteroatoms. The van der Waals surface area contributed by atoms with Crippen molar-refractivity contribution in [2.75, 3.05) is 6.54 Å². The molecule has 0 aliphatic heterocycles. The summed E-state index contributed by atoms with van der Waals surface area (Å²) in [6, 6.07) is 8.14. The lowest BCUT2D eigenvalue weighted by atomic mass is 10.1. The minimum absolute atomic E-state index is 0.0479. The third-order valence-electron chi connectivity index (χ3n) is 3.46. The molecule has 0 radical (unpaired) electrons. The van der Waals surface area contributed by atoms with Crippen molar-refractivity contribution in [3.63, 3.8) is 0 Å². The van der Waals surface area contributed by atoms with E-state index in [-0.39, 0.29) is 11.2 Å². The van der Waals surface area contributed by atoms with Crippen molar-refractivity contribution in [2.45, 2.75) is 44.6 Å². The summed E-state index contributed by atoms with van der Waals surface area (Å²) in [5, 5.41) is 6.76. The van der Waals surface area contributed by atoms with E-state index in [4.69, 9.17) is 4.52 Å². The van der Waals surface area contributed by atoms with Crippen LogP contribution in [-0.4, -0.2) is 27.8 Å². The predicted octanol–water partition coefficient (Wildman–Crippen LogP) is 3.45. The van der Waals surface area contributed by atoms with Crippen LogP contribution in [0.3, 0.4) is 0 Å². The SMILES string of the molecule is CCCNC(=O)C(C)SCc1nc(-c2ccc(CC)cc2)no1. The monoisotopic (exact) mass is 333 g/mol. The molecule has 1 N–H and O–H groups in total. The van der Waals surface area contributed by atoms with E-state index in [2.05, 4.69) is 34.5 Å². The van der Waals surface area contributed by atoms with Gasteiger partial charge in [0.2, 0.25) is 17.6 Å². The molecule has 1 amide bonds. The molecule has 5 nitrogen and oxygen atoms in total. The minimum Gasteiger partial charge on any atom is -0.355 e. The van der Waals surface area contributed by atoms with Gasteiger partial charge in [-0.15, -0.1) is 11.8 Å². The quantitative estimate of drug-likeness (QED) is 0.801. The number of hydrogen-bond donors (Lipinski definition) is 1. The maximum Gasteiger partial charge on any atom is 0.236 e. The van der Waals surface area contributed by atoms with E-state index in [0.29, 0.717) is 24.0 Å². The van der Waals surface area contributed by atoms with Crippen molar-refractivity contribution in [1.82, 2.24) is 15.5 Å². The van der Waals surface area contributed by atoms with Crippen LogP contribution < -0.4 is 5.32 Å². The first kappa shape index (κ1) is 17.5. The average Bonchev–Trinajstić information content (AvgIpc) is 3.06. The van der Waals surface area contributed by atoms with Gasteiger partial charge in [0, 0.05) is 12.1 Å². The van der Waals surface area contributed by atoms with Crippen LogP contribution >= 0.6 is 11.8 Å². The molecule has 0 aliphatic carbocycles. The first-order valence-corrected chi connectivity index (χ1v) is 9.00. The Morgan fingerprint density at radius 2 is 2.04 bits per heavy atom. The summed E-state index contributed by atoms with van der Waals surface area (Å²) < 4.78 is 5.27. The highest BCUT2D eigenvalue weighted by molar-refractivity contribution is 7.99. The van der Waals surface area contributed by atoms with Crippen molar-refractivity contribution < 1.29 is 9.32 Å². The summed E-state index contributed by atoms with van der Waals surface area (Å²) >= 11 is 1.49. The number of rotatable bonds is 8. The van der Waals surface area contributed by atoms with Gasteiger partial charge in [0.15, 0.2) is 0 Å². The molecular weight excluding hydrogens is 310 g/mol. The summed E-state index contributed by atoms with van der Waals surface area (Å²) in [6.07, 6.45) is 1.94. The Balaban J connectivity index is 1.90. The van der Waals surface area contributed by atoms with Crippen LogP contribution in [0.25, 0.3) is 11.4 Å². The third kappa shape index (κ3) is 5.10. The lowest BCUT2D eigenvalue weighted by Crippen LogP contribution is -2.31. The average molecular weight is 333 g/mol. The van der Waals surface area contributed by atoms with E-state index >= 15 is 0 Å². The van der Waals surface area contributed by atoms with Crippen LogP contribution in [0, 0.1) is 0 Å². The second-order valence-electron chi connectivity index (χ2n) is 5.31. The summed E-state index contributed by atoms with van der Waals surface area (Å²) in [7, 11) is 0. The Hall–Kier alpha value is -1.82. The van der Waals surface area contributed by atoms with Crippen LogP contribution in [0.15, 0.2) is 28.8 Å². The fourth-order valence-corrected chi connectivity index (χ4v) is 2.73. The van der Waals surface area contributed by atoms with Crippen LogP contribution in [-0.2, 0) is 17.0 Å².